The molecule has 1 heterocycles. The molecule has 0 aromatic heterocycles. The average molecular weight is 434 g/mol. The van der Waals surface area contributed by atoms with E-state index in [1.807, 2.05) is 0 Å². The van der Waals surface area contributed by atoms with Gasteiger partial charge < -0.3 is 19.1 Å². The lowest BCUT2D eigenvalue weighted by atomic mass is 10.0. The second-order valence-corrected chi connectivity index (χ2v) is 7.64. The molecular weight excluding hydrogens is 411 g/mol. The largest absolute Gasteiger partial charge is 0.416 e. The van der Waals surface area contributed by atoms with E-state index < -0.39 is 24.0 Å². The van der Waals surface area contributed by atoms with Crippen LogP contribution in [0.25, 0.3) is 0 Å². The molecule has 160 valence electrons. The minimum atomic E-state index is -0.603. The van der Waals surface area contributed by atoms with Gasteiger partial charge in [-0.1, -0.05) is 12.1 Å². The van der Waals surface area contributed by atoms with Gasteiger partial charge in [0, 0.05) is 43.4 Å². The third kappa shape index (κ3) is 4.60. The minimum absolute atomic E-state index is 0.236. The van der Waals surface area contributed by atoms with Crippen molar-refractivity contribution in [3.63, 3.8) is 0 Å². The first-order chi connectivity index (χ1) is 14.3. The van der Waals surface area contributed by atoms with E-state index in [1.165, 1.54) is 15.9 Å². The van der Waals surface area contributed by atoms with Crippen LogP contribution in [0.4, 0.5) is 19.7 Å². The minimum Gasteiger partial charge on any atom is -0.410 e. The highest BCUT2D eigenvalue weighted by molar-refractivity contribution is 7.98. The molecule has 1 aliphatic rings. The Hall–Kier alpha value is -2.98. The van der Waals surface area contributed by atoms with Crippen molar-refractivity contribution in [1.82, 2.24) is 14.5 Å². The van der Waals surface area contributed by atoms with E-state index in [1.54, 1.807) is 58.4 Å². The molecule has 1 atom stereocenters. The number of hydrogen-bond acceptors (Lipinski definition) is 7. The number of benzene rings is 2. The van der Waals surface area contributed by atoms with Crippen LogP contribution in [0.15, 0.2) is 36.4 Å². The van der Waals surface area contributed by atoms with Crippen LogP contribution in [0.3, 0.4) is 0 Å². The summed E-state index contributed by atoms with van der Waals surface area (Å²) in [5, 5.41) is 0. The molecule has 0 saturated carbocycles. The number of nitrogens with zero attached hydrogens (tertiary/aromatic N) is 2. The van der Waals surface area contributed by atoms with Crippen molar-refractivity contribution in [2.75, 3.05) is 25.9 Å². The molecular formula is C20H23FN4O4S. The summed E-state index contributed by atoms with van der Waals surface area (Å²) in [5.74, 6) is 0.153. The fraction of sp³-hybridized carbons (Fsp3) is 0.300. The fourth-order valence-electron chi connectivity index (χ4n) is 2.94. The lowest BCUT2D eigenvalue weighted by molar-refractivity contribution is 0.118. The van der Waals surface area contributed by atoms with Crippen molar-refractivity contribution in [1.29, 1.82) is 0 Å². The number of rotatable bonds is 6. The fourth-order valence-corrected chi connectivity index (χ4v) is 3.31. The molecule has 0 fully saturated rings. The van der Waals surface area contributed by atoms with Gasteiger partial charge in [-0.15, -0.1) is 0 Å². The molecule has 0 spiro atoms. The Morgan fingerprint density at radius 2 is 2.10 bits per heavy atom. The van der Waals surface area contributed by atoms with Crippen LogP contribution in [-0.2, 0) is 6.54 Å². The molecule has 2 aromatic rings. The molecule has 0 saturated heterocycles. The van der Waals surface area contributed by atoms with Crippen LogP contribution >= 0.6 is 12.1 Å². The van der Waals surface area contributed by atoms with Gasteiger partial charge in [0.05, 0.1) is 18.3 Å². The van der Waals surface area contributed by atoms with Crippen molar-refractivity contribution >= 4 is 30.0 Å². The van der Waals surface area contributed by atoms with Crippen molar-refractivity contribution in [3.05, 3.63) is 53.3 Å². The van der Waals surface area contributed by atoms with Crippen molar-refractivity contribution in [2.24, 2.45) is 0 Å². The summed E-state index contributed by atoms with van der Waals surface area (Å²) in [4.78, 5) is 27.1. The number of hydrogen-bond donors (Lipinski definition) is 2. The zero-order valence-corrected chi connectivity index (χ0v) is 17.9. The van der Waals surface area contributed by atoms with Gasteiger partial charge in [-0.2, -0.15) is 0 Å². The first-order valence-electron chi connectivity index (χ1n) is 9.19. The van der Waals surface area contributed by atoms with Gasteiger partial charge in [-0.25, -0.2) is 18.7 Å². The lowest BCUT2D eigenvalue weighted by Gasteiger charge is -2.33. The Labute approximate surface area is 178 Å². The highest BCUT2D eigenvalue weighted by atomic mass is 32.2. The number of nitrogens with one attached hydrogen (secondary N) is 2. The van der Waals surface area contributed by atoms with E-state index in [9.17, 15) is 14.0 Å². The van der Waals surface area contributed by atoms with E-state index in [-0.39, 0.29) is 12.3 Å². The van der Waals surface area contributed by atoms with Gasteiger partial charge in [0.25, 0.3) is 0 Å². The zero-order chi connectivity index (χ0) is 21.8. The molecule has 10 heteroatoms. The van der Waals surface area contributed by atoms with Gasteiger partial charge in [0.15, 0.2) is 5.82 Å². The Bertz CT molecular complexity index is 956. The van der Waals surface area contributed by atoms with Gasteiger partial charge in [-0.3, -0.25) is 4.90 Å². The number of halogens is 1. The van der Waals surface area contributed by atoms with Crippen LogP contribution < -0.4 is 18.9 Å². The van der Waals surface area contributed by atoms with Gasteiger partial charge in [0.2, 0.25) is 0 Å². The molecule has 2 aromatic carbocycles. The number of amides is 2. The second-order valence-electron chi connectivity index (χ2n) is 6.82. The monoisotopic (exact) mass is 434 g/mol. The third-order valence-electron chi connectivity index (χ3n) is 4.59. The maximum Gasteiger partial charge on any atom is 0.416 e. The molecule has 0 radical (unpaired) electrons. The van der Waals surface area contributed by atoms with Crippen LogP contribution in [0.2, 0.25) is 0 Å². The normalized spacial score (nSPS) is 13.9. The molecule has 8 nitrogen and oxygen atoms in total. The summed E-state index contributed by atoms with van der Waals surface area (Å²) in [6, 6.07) is 9.27. The third-order valence-corrected chi connectivity index (χ3v) is 5.12. The molecule has 2 amide bonds. The highest BCUT2D eigenvalue weighted by Gasteiger charge is 2.31. The predicted octanol–water partition coefficient (Wildman–Crippen LogP) is 4.16. The molecule has 0 bridgehead atoms. The van der Waals surface area contributed by atoms with E-state index in [4.69, 9.17) is 9.47 Å². The number of anilines is 1. The van der Waals surface area contributed by atoms with Crippen molar-refractivity contribution in [3.8, 4) is 11.5 Å². The van der Waals surface area contributed by atoms with Crippen molar-refractivity contribution < 1.29 is 23.5 Å². The Kier molecular flexibility index (Phi) is 6.68. The van der Waals surface area contributed by atoms with Crippen LogP contribution in [0.1, 0.15) is 24.1 Å². The first-order valence-corrected chi connectivity index (χ1v) is 10.0. The van der Waals surface area contributed by atoms with Gasteiger partial charge >= 0.3 is 12.2 Å². The van der Waals surface area contributed by atoms with Crippen molar-refractivity contribution in [2.45, 2.75) is 19.5 Å². The smallest absolute Gasteiger partial charge is 0.410 e. The summed E-state index contributed by atoms with van der Waals surface area (Å²) < 4.78 is 31.2. The first kappa shape index (κ1) is 21.7. The van der Waals surface area contributed by atoms with Crippen LogP contribution in [-0.4, -0.2) is 43.1 Å². The number of carbonyl (C=O) groups is 2. The number of ether oxygens (including phenoxy) is 2. The lowest BCUT2D eigenvalue weighted by Crippen LogP contribution is -2.39. The van der Waals surface area contributed by atoms with E-state index in [0.29, 0.717) is 17.0 Å². The summed E-state index contributed by atoms with van der Waals surface area (Å²) in [6.07, 6.45) is -1.14. The van der Waals surface area contributed by atoms with Gasteiger partial charge in [-0.05, 0) is 32.2 Å². The highest BCUT2D eigenvalue weighted by Crippen LogP contribution is 2.36. The van der Waals surface area contributed by atoms with Crippen LogP contribution in [0.5, 0.6) is 11.5 Å². The summed E-state index contributed by atoms with van der Waals surface area (Å²) in [7, 11) is 4.86. The van der Waals surface area contributed by atoms with E-state index in [2.05, 4.69) is 9.44 Å². The Morgan fingerprint density at radius 3 is 2.80 bits per heavy atom. The number of carbonyl (C=O) groups excluding carboxylic acids is 2. The molecule has 2 N–H and O–H groups in total. The van der Waals surface area contributed by atoms with Gasteiger partial charge in [0.1, 0.15) is 11.5 Å². The topological polar surface area (TPSA) is 83.1 Å². The van der Waals surface area contributed by atoms with E-state index >= 15 is 0 Å². The molecule has 1 aliphatic heterocycles. The SMILES string of the molecule is CNSNc1cccc(C(C)N2Cc3ccc(OC(=O)N(C)C)cc3OC2=O)c1F. The standard InChI is InChI=1S/C20H23FN4O4S/c1-12(15-6-5-7-16(18(15)21)23-30-22-2)25-11-13-8-9-14(28-19(26)24(3)4)10-17(13)29-20(25)27/h5-10,12,22-23H,11H2,1-4H3. The summed E-state index contributed by atoms with van der Waals surface area (Å²) in [6.45, 7) is 1.98. The Morgan fingerprint density at radius 1 is 1.33 bits per heavy atom. The average Bonchev–Trinajstić information content (AvgIpc) is 2.72. The Balaban J connectivity index is 1.80. The molecule has 1 unspecified atom stereocenters. The maximum atomic E-state index is 14.9. The second kappa shape index (κ2) is 9.23. The van der Waals surface area contributed by atoms with Crippen LogP contribution in [0, 0.1) is 5.82 Å². The molecule has 3 rings (SSSR count). The molecule has 30 heavy (non-hydrogen) atoms. The summed E-state index contributed by atoms with van der Waals surface area (Å²) >= 11 is 1.15. The molecule has 0 aliphatic carbocycles. The quantitative estimate of drug-likeness (QED) is 0.661. The van der Waals surface area contributed by atoms with E-state index in [0.717, 1.165) is 17.7 Å². The summed E-state index contributed by atoms with van der Waals surface area (Å²) in [5.41, 5.74) is 1.41. The number of fused-ring (bicyclic) bond motifs is 1. The predicted molar refractivity (Wildman–Crippen MR) is 113 cm³/mol. The maximum absolute atomic E-state index is 14.9. The zero-order valence-electron chi connectivity index (χ0n) is 17.1.